The molecule has 0 saturated carbocycles. The molecule has 3 rings (SSSR count). The van der Waals surface area contributed by atoms with Gasteiger partial charge in [0.05, 0.1) is 16.2 Å². The van der Waals surface area contributed by atoms with E-state index >= 15 is 0 Å². The maximum atomic E-state index is 9.48. The number of benzene rings is 1. The van der Waals surface area contributed by atoms with Crippen LogP contribution in [0.2, 0.25) is 10.0 Å². The Bertz CT molecular complexity index is 822. The van der Waals surface area contributed by atoms with Crippen molar-refractivity contribution in [2.24, 2.45) is 5.41 Å². The van der Waals surface area contributed by atoms with E-state index in [0.717, 1.165) is 36.6 Å². The maximum absolute atomic E-state index is 9.48. The first-order valence-electron chi connectivity index (χ1n) is 8.03. The number of rotatable bonds is 3. The van der Waals surface area contributed by atoms with E-state index < -0.39 is 0 Å². The van der Waals surface area contributed by atoms with Crippen molar-refractivity contribution in [1.29, 1.82) is 5.26 Å². The van der Waals surface area contributed by atoms with Crippen LogP contribution >= 0.6 is 35.0 Å². The van der Waals surface area contributed by atoms with Crippen molar-refractivity contribution < 1.29 is 0 Å². The third-order valence-corrected chi connectivity index (χ3v) is 6.38. The summed E-state index contributed by atoms with van der Waals surface area (Å²) in [5.41, 5.74) is 0.671. The van der Waals surface area contributed by atoms with Crippen LogP contribution in [0.5, 0.6) is 0 Å². The van der Waals surface area contributed by atoms with Gasteiger partial charge in [0.25, 0.3) is 0 Å². The molecule has 0 aliphatic carbocycles. The summed E-state index contributed by atoms with van der Waals surface area (Å²) in [6.07, 6.45) is 3.94. The van der Waals surface area contributed by atoms with Gasteiger partial charge in [0, 0.05) is 18.0 Å². The Morgan fingerprint density at radius 3 is 2.64 bits per heavy atom. The number of hydrogen-bond acceptors (Lipinski definition) is 5. The Morgan fingerprint density at radius 1 is 1.24 bits per heavy atom. The molecule has 130 valence electrons. The minimum atomic E-state index is 0.309. The Morgan fingerprint density at radius 2 is 1.96 bits per heavy atom. The third-order valence-electron chi connectivity index (χ3n) is 4.40. The number of nitriles is 1. The van der Waals surface area contributed by atoms with E-state index in [9.17, 15) is 5.26 Å². The Balaban J connectivity index is 1.83. The lowest BCUT2D eigenvalue weighted by atomic mass is 9.83. The van der Waals surface area contributed by atoms with Crippen LogP contribution in [0, 0.1) is 16.7 Å². The van der Waals surface area contributed by atoms with Gasteiger partial charge in [-0.25, -0.2) is 9.97 Å². The summed E-state index contributed by atoms with van der Waals surface area (Å²) in [5, 5.41) is 11.0. The fourth-order valence-corrected chi connectivity index (χ4v) is 4.00. The highest BCUT2D eigenvalue weighted by Gasteiger charge is 2.26. The fourth-order valence-electron chi connectivity index (χ4n) is 2.68. The van der Waals surface area contributed by atoms with Gasteiger partial charge in [-0.3, -0.25) is 0 Å². The van der Waals surface area contributed by atoms with Crippen LogP contribution in [0.25, 0.3) is 0 Å². The summed E-state index contributed by atoms with van der Waals surface area (Å²) in [5.74, 6) is 0.758. The van der Waals surface area contributed by atoms with Gasteiger partial charge in [0.15, 0.2) is 5.69 Å². The smallest absolute Gasteiger partial charge is 0.175 e. The van der Waals surface area contributed by atoms with Gasteiger partial charge < -0.3 is 4.90 Å². The van der Waals surface area contributed by atoms with E-state index in [-0.39, 0.29) is 0 Å². The topological polar surface area (TPSA) is 52.8 Å². The van der Waals surface area contributed by atoms with Gasteiger partial charge in [0.2, 0.25) is 0 Å². The van der Waals surface area contributed by atoms with Crippen LogP contribution in [0.4, 0.5) is 5.82 Å². The van der Waals surface area contributed by atoms with E-state index in [0.29, 0.717) is 26.2 Å². The molecule has 2 aromatic rings. The first-order valence-corrected chi connectivity index (χ1v) is 9.61. The molecule has 0 N–H and O–H groups in total. The Labute approximate surface area is 162 Å². The van der Waals surface area contributed by atoms with Crippen molar-refractivity contribution in [2.45, 2.75) is 36.6 Å². The SMILES string of the molecule is CC1(C)CCN(c2cnc(Sc3cccc(Cl)c3Cl)c(C#N)n2)CC1. The van der Waals surface area contributed by atoms with Crippen LogP contribution in [0.3, 0.4) is 0 Å². The molecule has 0 radical (unpaired) electrons. The second-order valence-corrected chi connectivity index (χ2v) is 8.61. The molecule has 1 aliphatic heterocycles. The predicted octanol–water partition coefficient (Wildman–Crippen LogP) is 5.43. The van der Waals surface area contributed by atoms with E-state index in [1.807, 2.05) is 12.1 Å². The van der Waals surface area contributed by atoms with E-state index in [2.05, 4.69) is 34.8 Å². The average molecular weight is 393 g/mol. The summed E-state index contributed by atoms with van der Waals surface area (Å²) in [7, 11) is 0. The molecule has 1 fully saturated rings. The van der Waals surface area contributed by atoms with Crippen molar-refractivity contribution in [1.82, 2.24) is 9.97 Å². The molecule has 1 aromatic carbocycles. The molecule has 0 amide bonds. The first kappa shape index (κ1) is 18.3. The average Bonchev–Trinajstić information content (AvgIpc) is 2.59. The predicted molar refractivity (Wildman–Crippen MR) is 103 cm³/mol. The molecule has 1 aromatic heterocycles. The molecule has 1 saturated heterocycles. The molecule has 0 spiro atoms. The van der Waals surface area contributed by atoms with Crippen molar-refractivity contribution >= 4 is 40.8 Å². The van der Waals surface area contributed by atoms with Gasteiger partial charge in [-0.2, -0.15) is 5.26 Å². The van der Waals surface area contributed by atoms with Gasteiger partial charge in [-0.05, 0) is 30.4 Å². The normalized spacial score (nSPS) is 16.5. The lowest BCUT2D eigenvalue weighted by molar-refractivity contribution is 0.279. The van der Waals surface area contributed by atoms with E-state index in [4.69, 9.17) is 23.2 Å². The molecule has 2 heterocycles. The molecule has 4 nitrogen and oxygen atoms in total. The van der Waals surface area contributed by atoms with Gasteiger partial charge in [-0.1, -0.05) is 54.9 Å². The second-order valence-electron chi connectivity index (χ2n) is 6.80. The zero-order valence-corrected chi connectivity index (χ0v) is 16.4. The van der Waals surface area contributed by atoms with Gasteiger partial charge >= 0.3 is 0 Å². The standard InChI is InChI=1S/C18H18Cl2N4S/c1-18(2)6-8-24(9-7-18)15-11-22-17(13(10-21)23-15)25-14-5-3-4-12(19)16(14)20/h3-5,11H,6-9H2,1-2H3. The Hall–Kier alpha value is -1.48. The monoisotopic (exact) mass is 392 g/mol. The zero-order chi connectivity index (χ0) is 18.0. The van der Waals surface area contributed by atoms with E-state index in [1.165, 1.54) is 11.8 Å². The molecule has 7 heteroatoms. The summed E-state index contributed by atoms with van der Waals surface area (Å²) in [6.45, 7) is 6.43. The largest absolute Gasteiger partial charge is 0.355 e. The van der Waals surface area contributed by atoms with Crippen molar-refractivity contribution in [2.75, 3.05) is 18.0 Å². The van der Waals surface area contributed by atoms with Gasteiger partial charge in [-0.15, -0.1) is 0 Å². The minimum absolute atomic E-state index is 0.309. The highest BCUT2D eigenvalue weighted by molar-refractivity contribution is 7.99. The lowest BCUT2D eigenvalue weighted by Gasteiger charge is -2.37. The summed E-state index contributed by atoms with van der Waals surface area (Å²) < 4.78 is 0. The minimum Gasteiger partial charge on any atom is -0.355 e. The van der Waals surface area contributed by atoms with Crippen LogP contribution in [0.1, 0.15) is 32.4 Å². The van der Waals surface area contributed by atoms with Crippen LogP contribution in [-0.4, -0.2) is 23.1 Å². The summed E-state index contributed by atoms with van der Waals surface area (Å²) in [4.78, 5) is 11.9. The molecule has 1 aliphatic rings. The van der Waals surface area contributed by atoms with Crippen molar-refractivity contribution in [3.8, 4) is 6.07 Å². The van der Waals surface area contributed by atoms with Crippen LogP contribution < -0.4 is 4.90 Å². The zero-order valence-electron chi connectivity index (χ0n) is 14.1. The first-order chi connectivity index (χ1) is 11.9. The third kappa shape index (κ3) is 4.20. The highest BCUT2D eigenvalue weighted by Crippen LogP contribution is 2.38. The van der Waals surface area contributed by atoms with Crippen LogP contribution in [0.15, 0.2) is 34.3 Å². The van der Waals surface area contributed by atoms with Crippen LogP contribution in [-0.2, 0) is 0 Å². The number of hydrogen-bond donors (Lipinski definition) is 0. The molecule has 25 heavy (non-hydrogen) atoms. The highest BCUT2D eigenvalue weighted by atomic mass is 35.5. The molecular formula is C18H18Cl2N4S. The second kappa shape index (κ2) is 7.41. The summed E-state index contributed by atoms with van der Waals surface area (Å²) >= 11 is 13.6. The summed E-state index contributed by atoms with van der Waals surface area (Å²) in [6, 6.07) is 7.55. The maximum Gasteiger partial charge on any atom is 0.175 e. The molecular weight excluding hydrogens is 375 g/mol. The molecule has 0 atom stereocenters. The fraction of sp³-hybridized carbons (Fsp3) is 0.389. The van der Waals surface area contributed by atoms with Gasteiger partial charge in [0.1, 0.15) is 16.9 Å². The number of nitrogens with zero attached hydrogens (tertiary/aromatic N) is 4. The van der Waals surface area contributed by atoms with Crippen molar-refractivity contribution in [3.05, 3.63) is 40.1 Å². The number of piperidine rings is 1. The quantitative estimate of drug-likeness (QED) is 0.696. The Kier molecular flexibility index (Phi) is 5.43. The van der Waals surface area contributed by atoms with Crippen molar-refractivity contribution in [3.63, 3.8) is 0 Å². The number of anilines is 1. The number of aromatic nitrogens is 2. The van der Waals surface area contributed by atoms with E-state index in [1.54, 1.807) is 12.3 Å². The lowest BCUT2D eigenvalue weighted by Crippen LogP contribution is -2.37. The molecule has 0 bridgehead atoms. The number of halogens is 2. The molecule has 0 unspecified atom stereocenters.